The molecular weight excluding hydrogens is 252 g/mol. The van der Waals surface area contributed by atoms with Crippen molar-refractivity contribution < 1.29 is 15.0 Å². The second-order valence-corrected chi connectivity index (χ2v) is 4.88. The van der Waals surface area contributed by atoms with Gasteiger partial charge in [-0.15, -0.1) is 0 Å². The van der Waals surface area contributed by atoms with Crippen LogP contribution in [-0.4, -0.2) is 16.5 Å². The maximum atomic E-state index is 10.1. The maximum Gasteiger partial charge on any atom is 0.153 e. The molecule has 0 unspecified atom stereocenters. The van der Waals surface area contributed by atoms with Crippen LogP contribution in [0.25, 0.3) is 0 Å². The monoisotopic (exact) mass is 272 g/mol. The Bertz CT molecular complexity index is 574. The first kappa shape index (κ1) is 15.8. The molecule has 0 fully saturated rings. The summed E-state index contributed by atoms with van der Waals surface area (Å²) in [4.78, 5) is 10.1. The van der Waals surface area contributed by atoms with Crippen LogP contribution in [0.4, 0.5) is 0 Å². The highest BCUT2D eigenvalue weighted by molar-refractivity contribution is 5.78. The van der Waals surface area contributed by atoms with Gasteiger partial charge in [0.15, 0.2) is 6.29 Å². The minimum absolute atomic E-state index is 0.0347. The van der Waals surface area contributed by atoms with Gasteiger partial charge in [0.05, 0.1) is 5.56 Å². The summed E-state index contributed by atoms with van der Waals surface area (Å²) in [7, 11) is 0. The quantitative estimate of drug-likeness (QED) is 0.811. The highest BCUT2D eigenvalue weighted by Gasteiger charge is 2.01. The number of benzene rings is 2. The zero-order chi connectivity index (χ0) is 15.1. The van der Waals surface area contributed by atoms with E-state index in [0.29, 0.717) is 23.5 Å². The first-order valence-electron chi connectivity index (χ1n) is 6.48. The van der Waals surface area contributed by atoms with Gasteiger partial charge < -0.3 is 10.2 Å². The SMILES string of the molecule is Cc1ccc(C(C)C)cc1O.O=Cc1ccccc1O. The van der Waals surface area contributed by atoms with E-state index in [9.17, 15) is 9.90 Å². The summed E-state index contributed by atoms with van der Waals surface area (Å²) >= 11 is 0. The van der Waals surface area contributed by atoms with Gasteiger partial charge in [0, 0.05) is 0 Å². The molecule has 0 spiro atoms. The van der Waals surface area contributed by atoms with Gasteiger partial charge >= 0.3 is 0 Å². The molecule has 0 atom stereocenters. The number of carbonyl (C=O) groups excluding carboxylic acids is 1. The first-order chi connectivity index (χ1) is 9.45. The number of phenolic OH excluding ortho intramolecular Hbond substituents is 2. The van der Waals surface area contributed by atoms with Crippen LogP contribution in [0, 0.1) is 6.92 Å². The average Bonchev–Trinajstić information content (AvgIpc) is 2.43. The Morgan fingerprint density at radius 1 is 1.00 bits per heavy atom. The van der Waals surface area contributed by atoms with Crippen molar-refractivity contribution in [2.45, 2.75) is 26.7 Å². The van der Waals surface area contributed by atoms with Gasteiger partial charge in [-0.1, -0.05) is 38.1 Å². The Morgan fingerprint density at radius 3 is 2.10 bits per heavy atom. The van der Waals surface area contributed by atoms with E-state index < -0.39 is 0 Å². The molecule has 0 radical (unpaired) electrons. The number of phenols is 2. The van der Waals surface area contributed by atoms with Crippen LogP contribution in [-0.2, 0) is 0 Å². The van der Waals surface area contributed by atoms with Crippen molar-refractivity contribution in [3.63, 3.8) is 0 Å². The molecule has 2 aromatic rings. The molecule has 0 bridgehead atoms. The lowest BCUT2D eigenvalue weighted by atomic mass is 10.0. The smallest absolute Gasteiger partial charge is 0.153 e. The Kier molecular flexibility index (Phi) is 5.78. The molecule has 0 aromatic heterocycles. The lowest BCUT2D eigenvalue weighted by Crippen LogP contribution is -1.86. The van der Waals surface area contributed by atoms with E-state index in [0.717, 1.165) is 5.56 Å². The highest BCUT2D eigenvalue weighted by atomic mass is 16.3. The zero-order valence-electron chi connectivity index (χ0n) is 12.0. The second-order valence-electron chi connectivity index (χ2n) is 4.88. The number of aldehydes is 1. The molecule has 2 aromatic carbocycles. The standard InChI is InChI=1S/C10H14O.C7H6O2/c1-7(2)9-5-4-8(3)10(11)6-9;8-5-6-3-1-2-4-7(6)9/h4-7,11H,1-3H3;1-5,9H. The number of rotatable bonds is 2. The van der Waals surface area contributed by atoms with Gasteiger partial charge in [-0.05, 0) is 42.2 Å². The summed E-state index contributed by atoms with van der Waals surface area (Å²) < 4.78 is 0. The molecule has 0 amide bonds. The number of hydrogen-bond acceptors (Lipinski definition) is 3. The van der Waals surface area contributed by atoms with Crippen molar-refractivity contribution in [3.8, 4) is 11.5 Å². The zero-order valence-corrected chi connectivity index (χ0v) is 12.0. The van der Waals surface area contributed by atoms with Crippen molar-refractivity contribution in [2.75, 3.05) is 0 Å². The van der Waals surface area contributed by atoms with Crippen LogP contribution in [0.15, 0.2) is 42.5 Å². The molecule has 0 saturated carbocycles. The molecule has 0 aliphatic carbocycles. The van der Waals surface area contributed by atoms with Crippen molar-refractivity contribution in [3.05, 3.63) is 59.2 Å². The molecule has 106 valence electrons. The normalized spacial score (nSPS) is 9.80. The molecule has 3 heteroatoms. The van der Waals surface area contributed by atoms with Crippen molar-refractivity contribution in [1.29, 1.82) is 0 Å². The highest BCUT2D eigenvalue weighted by Crippen LogP contribution is 2.22. The number of aromatic hydroxyl groups is 2. The largest absolute Gasteiger partial charge is 0.508 e. The van der Waals surface area contributed by atoms with Crippen molar-refractivity contribution >= 4 is 6.29 Å². The fraction of sp³-hybridized carbons (Fsp3) is 0.235. The number of carbonyl (C=O) groups is 1. The van der Waals surface area contributed by atoms with Crippen LogP contribution < -0.4 is 0 Å². The van der Waals surface area contributed by atoms with E-state index in [1.54, 1.807) is 18.2 Å². The van der Waals surface area contributed by atoms with Crippen molar-refractivity contribution in [1.82, 2.24) is 0 Å². The predicted octanol–water partition coefficient (Wildman–Crippen LogP) is 4.03. The molecular formula is C17H20O3. The Balaban J connectivity index is 0.000000204. The van der Waals surface area contributed by atoms with Gasteiger partial charge in [-0.2, -0.15) is 0 Å². The minimum Gasteiger partial charge on any atom is -0.508 e. The van der Waals surface area contributed by atoms with Crippen LogP contribution >= 0.6 is 0 Å². The molecule has 20 heavy (non-hydrogen) atoms. The van der Waals surface area contributed by atoms with Crippen LogP contribution in [0.1, 0.15) is 41.3 Å². The van der Waals surface area contributed by atoms with E-state index in [-0.39, 0.29) is 5.75 Å². The second kappa shape index (κ2) is 7.34. The van der Waals surface area contributed by atoms with Gasteiger partial charge in [0.1, 0.15) is 11.5 Å². The van der Waals surface area contributed by atoms with E-state index in [4.69, 9.17) is 5.11 Å². The minimum atomic E-state index is 0.0347. The van der Waals surface area contributed by atoms with Gasteiger partial charge in [-0.25, -0.2) is 0 Å². The molecule has 0 saturated heterocycles. The fourth-order valence-electron chi connectivity index (χ4n) is 1.57. The van der Waals surface area contributed by atoms with E-state index >= 15 is 0 Å². The van der Waals surface area contributed by atoms with E-state index in [1.165, 1.54) is 11.6 Å². The summed E-state index contributed by atoms with van der Waals surface area (Å²) in [5.74, 6) is 0.921. The predicted molar refractivity (Wildman–Crippen MR) is 80.4 cm³/mol. The molecule has 0 aliphatic rings. The van der Waals surface area contributed by atoms with Gasteiger partial charge in [-0.3, -0.25) is 4.79 Å². The lowest BCUT2D eigenvalue weighted by Gasteiger charge is -2.06. The molecule has 3 nitrogen and oxygen atoms in total. The van der Waals surface area contributed by atoms with E-state index in [1.807, 2.05) is 19.1 Å². The fourth-order valence-corrected chi connectivity index (χ4v) is 1.57. The average molecular weight is 272 g/mol. The molecule has 2 rings (SSSR count). The summed E-state index contributed by atoms with van der Waals surface area (Å²) in [5, 5.41) is 18.2. The summed E-state index contributed by atoms with van der Waals surface area (Å²) in [6.45, 7) is 6.13. The molecule has 2 N–H and O–H groups in total. The summed E-state index contributed by atoms with van der Waals surface area (Å²) in [5.41, 5.74) is 2.46. The van der Waals surface area contributed by atoms with Gasteiger partial charge in [0.2, 0.25) is 0 Å². The topological polar surface area (TPSA) is 57.5 Å². The first-order valence-corrected chi connectivity index (χ1v) is 6.48. The third-order valence-electron chi connectivity index (χ3n) is 2.96. The Hall–Kier alpha value is -2.29. The Labute approximate surface area is 119 Å². The van der Waals surface area contributed by atoms with Gasteiger partial charge in [0.25, 0.3) is 0 Å². The third kappa shape index (κ3) is 4.43. The number of aryl methyl sites for hydroxylation is 1. The molecule has 0 heterocycles. The number of para-hydroxylation sites is 1. The number of hydrogen-bond donors (Lipinski definition) is 2. The van der Waals surface area contributed by atoms with Crippen molar-refractivity contribution in [2.24, 2.45) is 0 Å². The van der Waals surface area contributed by atoms with Crippen LogP contribution in [0.2, 0.25) is 0 Å². The summed E-state index contributed by atoms with van der Waals surface area (Å²) in [6, 6.07) is 12.2. The van der Waals surface area contributed by atoms with Crippen LogP contribution in [0.5, 0.6) is 11.5 Å². The van der Waals surface area contributed by atoms with E-state index in [2.05, 4.69) is 19.9 Å². The Morgan fingerprint density at radius 2 is 1.65 bits per heavy atom. The van der Waals surface area contributed by atoms with Crippen LogP contribution in [0.3, 0.4) is 0 Å². The maximum absolute atomic E-state index is 10.1. The summed E-state index contributed by atoms with van der Waals surface area (Å²) in [6.07, 6.45) is 0.620. The lowest BCUT2D eigenvalue weighted by molar-refractivity contribution is 0.112. The third-order valence-corrected chi connectivity index (χ3v) is 2.96. The molecule has 0 aliphatic heterocycles.